The molecule has 6 nitrogen and oxygen atoms in total. The van der Waals surface area contributed by atoms with E-state index in [0.29, 0.717) is 31.2 Å². The zero-order valence-corrected chi connectivity index (χ0v) is 12.0. The third kappa shape index (κ3) is 3.17. The normalized spacial score (nSPS) is 18.1. The Hall–Kier alpha value is -0.890. The zero-order chi connectivity index (χ0) is 13.9. The van der Waals surface area contributed by atoms with Crippen LogP contribution in [0.1, 0.15) is 22.5 Å². The zero-order valence-electron chi connectivity index (χ0n) is 10.4. The van der Waals surface area contributed by atoms with Gasteiger partial charge < -0.3 is 19.9 Å². The highest BCUT2D eigenvalue weighted by Crippen LogP contribution is 2.32. The molecule has 0 aromatic carbocycles. The second-order valence-electron chi connectivity index (χ2n) is 4.31. The number of hydrogen-bond acceptors (Lipinski definition) is 7. The molecule has 0 bridgehead atoms. The van der Waals surface area contributed by atoms with Gasteiger partial charge in [-0.2, -0.15) is 0 Å². The molecule has 19 heavy (non-hydrogen) atoms. The van der Waals surface area contributed by atoms with E-state index in [4.69, 9.17) is 16.3 Å². The summed E-state index contributed by atoms with van der Waals surface area (Å²) in [7, 11) is 1.29. The van der Waals surface area contributed by atoms with Gasteiger partial charge in [-0.25, -0.2) is 9.78 Å². The molecular formula is C11H15ClN2O4S. The maximum Gasteiger partial charge on any atom is 0.351 e. The van der Waals surface area contributed by atoms with Crippen LogP contribution in [0.2, 0.25) is 5.15 Å². The molecule has 1 aliphatic rings. The van der Waals surface area contributed by atoms with Crippen molar-refractivity contribution < 1.29 is 19.4 Å². The van der Waals surface area contributed by atoms with E-state index >= 15 is 0 Å². The fraction of sp³-hybridized carbons (Fsp3) is 0.636. The summed E-state index contributed by atoms with van der Waals surface area (Å²) in [5.41, 5.74) is -0.465. The van der Waals surface area contributed by atoms with Crippen LogP contribution in [0.25, 0.3) is 0 Å². The van der Waals surface area contributed by atoms with Gasteiger partial charge >= 0.3 is 5.97 Å². The van der Waals surface area contributed by atoms with Crippen molar-refractivity contribution >= 4 is 34.0 Å². The number of carbonyl (C=O) groups excluding carboxylic acids is 1. The Bertz CT molecular complexity index is 460. The van der Waals surface area contributed by atoms with Crippen molar-refractivity contribution in [2.75, 3.05) is 32.2 Å². The van der Waals surface area contributed by atoms with E-state index in [9.17, 15) is 9.90 Å². The standard InChI is InChI=1S/C11H15ClN2O4S/c1-17-9(16)7-8(12)13-10(19-7)14-11(6-15)2-4-18-5-3-11/h15H,2-6H2,1H3,(H,13,14). The Kier molecular flexibility index (Phi) is 4.62. The molecule has 106 valence electrons. The average molecular weight is 307 g/mol. The van der Waals surface area contributed by atoms with E-state index in [0.717, 1.165) is 11.3 Å². The molecule has 0 saturated carbocycles. The van der Waals surface area contributed by atoms with Crippen molar-refractivity contribution in [1.82, 2.24) is 4.98 Å². The summed E-state index contributed by atoms with van der Waals surface area (Å²) in [5, 5.41) is 13.3. The lowest BCUT2D eigenvalue weighted by Gasteiger charge is -2.36. The number of nitrogens with zero attached hydrogens (tertiary/aromatic N) is 1. The average Bonchev–Trinajstić information content (AvgIpc) is 2.79. The molecule has 1 aliphatic heterocycles. The first kappa shape index (κ1) is 14.5. The van der Waals surface area contributed by atoms with Gasteiger partial charge in [-0.1, -0.05) is 22.9 Å². The van der Waals surface area contributed by atoms with Gasteiger partial charge in [0.05, 0.1) is 19.3 Å². The van der Waals surface area contributed by atoms with E-state index in [1.54, 1.807) is 0 Å². The molecule has 1 aromatic heterocycles. The predicted molar refractivity (Wildman–Crippen MR) is 72.0 cm³/mol. The van der Waals surface area contributed by atoms with Gasteiger partial charge in [0.1, 0.15) is 0 Å². The third-order valence-electron chi connectivity index (χ3n) is 3.08. The van der Waals surface area contributed by atoms with Gasteiger partial charge in [-0.05, 0) is 12.8 Å². The van der Waals surface area contributed by atoms with Crippen LogP contribution in [-0.2, 0) is 9.47 Å². The molecule has 0 radical (unpaired) electrons. The smallest absolute Gasteiger partial charge is 0.351 e. The quantitative estimate of drug-likeness (QED) is 0.821. The van der Waals surface area contributed by atoms with Gasteiger partial charge in [0.2, 0.25) is 0 Å². The number of aromatic nitrogens is 1. The van der Waals surface area contributed by atoms with E-state index in [1.807, 2.05) is 0 Å². The largest absolute Gasteiger partial charge is 0.465 e. The summed E-state index contributed by atoms with van der Waals surface area (Å²) in [6.45, 7) is 1.13. The Morgan fingerprint density at radius 3 is 2.89 bits per heavy atom. The molecule has 1 saturated heterocycles. The highest BCUT2D eigenvalue weighted by molar-refractivity contribution is 7.18. The molecule has 0 atom stereocenters. The number of aliphatic hydroxyl groups is 1. The minimum absolute atomic E-state index is 0.0267. The van der Waals surface area contributed by atoms with Crippen molar-refractivity contribution in [2.45, 2.75) is 18.4 Å². The molecule has 0 unspecified atom stereocenters. The second-order valence-corrected chi connectivity index (χ2v) is 5.66. The minimum Gasteiger partial charge on any atom is -0.465 e. The van der Waals surface area contributed by atoms with Crippen molar-refractivity contribution in [2.24, 2.45) is 0 Å². The fourth-order valence-electron chi connectivity index (χ4n) is 1.89. The number of aliphatic hydroxyl groups excluding tert-OH is 1. The number of rotatable bonds is 4. The summed E-state index contributed by atoms with van der Waals surface area (Å²) in [4.78, 5) is 15.8. The number of carbonyl (C=O) groups is 1. The molecule has 1 aromatic rings. The van der Waals surface area contributed by atoms with E-state index in [-0.39, 0.29) is 16.6 Å². The number of hydrogen-bond donors (Lipinski definition) is 2. The first-order valence-corrected chi connectivity index (χ1v) is 7.01. The van der Waals surface area contributed by atoms with Crippen molar-refractivity contribution in [1.29, 1.82) is 0 Å². The lowest BCUT2D eigenvalue weighted by atomic mass is 9.91. The van der Waals surface area contributed by atoms with E-state index in [2.05, 4.69) is 15.0 Å². The Balaban J connectivity index is 2.16. The Morgan fingerprint density at radius 1 is 1.63 bits per heavy atom. The van der Waals surface area contributed by atoms with Gasteiger partial charge in [-0.15, -0.1) is 0 Å². The summed E-state index contributed by atoms with van der Waals surface area (Å²) in [6, 6.07) is 0. The van der Waals surface area contributed by atoms with Crippen LogP contribution in [0.15, 0.2) is 0 Å². The summed E-state index contributed by atoms with van der Waals surface area (Å²) >= 11 is 7.02. The minimum atomic E-state index is -0.513. The number of anilines is 1. The van der Waals surface area contributed by atoms with Crippen LogP contribution < -0.4 is 5.32 Å². The lowest BCUT2D eigenvalue weighted by molar-refractivity contribution is 0.0380. The number of halogens is 1. The monoisotopic (exact) mass is 306 g/mol. The van der Waals surface area contributed by atoms with Gasteiger partial charge in [0.15, 0.2) is 15.2 Å². The third-order valence-corrected chi connectivity index (χ3v) is 4.42. The highest BCUT2D eigenvalue weighted by atomic mass is 35.5. The summed E-state index contributed by atoms with van der Waals surface area (Å²) < 4.78 is 9.90. The van der Waals surface area contributed by atoms with Crippen molar-refractivity contribution in [3.05, 3.63) is 10.0 Å². The van der Waals surface area contributed by atoms with Crippen LogP contribution in [0, 0.1) is 0 Å². The highest BCUT2D eigenvalue weighted by Gasteiger charge is 2.33. The SMILES string of the molecule is COC(=O)c1sc(NC2(CO)CCOCC2)nc1Cl. The molecule has 1 fully saturated rings. The van der Waals surface area contributed by atoms with E-state index < -0.39 is 11.5 Å². The molecule has 2 heterocycles. The van der Waals surface area contributed by atoms with Gasteiger partial charge in [-0.3, -0.25) is 0 Å². The molecule has 0 amide bonds. The van der Waals surface area contributed by atoms with Crippen LogP contribution in [-0.4, -0.2) is 48.5 Å². The van der Waals surface area contributed by atoms with Crippen LogP contribution >= 0.6 is 22.9 Å². The Labute approximate surface area is 119 Å². The Morgan fingerprint density at radius 2 is 2.32 bits per heavy atom. The lowest BCUT2D eigenvalue weighted by Crippen LogP contribution is -2.46. The number of thiazole rings is 1. The number of ether oxygens (including phenoxy) is 2. The topological polar surface area (TPSA) is 80.7 Å². The summed E-state index contributed by atoms with van der Waals surface area (Å²) in [6.07, 6.45) is 1.35. The maximum atomic E-state index is 11.5. The van der Waals surface area contributed by atoms with Crippen molar-refractivity contribution in [3.8, 4) is 0 Å². The molecule has 0 spiro atoms. The van der Waals surface area contributed by atoms with Crippen molar-refractivity contribution in [3.63, 3.8) is 0 Å². The first-order valence-electron chi connectivity index (χ1n) is 5.82. The number of nitrogens with one attached hydrogen (secondary N) is 1. The molecular weight excluding hydrogens is 292 g/mol. The molecule has 2 rings (SSSR count). The van der Waals surface area contributed by atoms with Gasteiger partial charge in [0.25, 0.3) is 0 Å². The molecule has 0 aliphatic carbocycles. The van der Waals surface area contributed by atoms with Crippen LogP contribution in [0.3, 0.4) is 0 Å². The van der Waals surface area contributed by atoms with E-state index in [1.165, 1.54) is 7.11 Å². The number of methoxy groups -OCH3 is 1. The maximum absolute atomic E-state index is 11.5. The van der Waals surface area contributed by atoms with Gasteiger partial charge in [0, 0.05) is 13.2 Å². The second kappa shape index (κ2) is 6.04. The van der Waals surface area contributed by atoms with Crippen LogP contribution in [0.4, 0.5) is 5.13 Å². The predicted octanol–water partition coefficient (Wildman–Crippen LogP) is 1.54. The first-order chi connectivity index (χ1) is 9.10. The summed E-state index contributed by atoms with van der Waals surface area (Å²) in [5.74, 6) is -0.513. The molecule has 2 N–H and O–H groups in total. The molecule has 8 heteroatoms. The van der Waals surface area contributed by atoms with Crippen LogP contribution in [0.5, 0.6) is 0 Å². The fourth-order valence-corrected chi connectivity index (χ4v) is 3.11. The number of esters is 1.